The van der Waals surface area contributed by atoms with Gasteiger partial charge in [0.05, 0.1) is 19.3 Å². The van der Waals surface area contributed by atoms with Crippen molar-refractivity contribution < 1.29 is 9.53 Å². The fourth-order valence-electron chi connectivity index (χ4n) is 1.70. The zero-order valence-corrected chi connectivity index (χ0v) is 9.88. The molecule has 1 aliphatic heterocycles. The van der Waals surface area contributed by atoms with Gasteiger partial charge in [0.2, 0.25) is 5.91 Å². The molecular weight excluding hydrogens is 192 g/mol. The molecule has 0 aromatic carbocycles. The van der Waals surface area contributed by atoms with Crippen LogP contribution in [0.5, 0.6) is 0 Å². The first kappa shape index (κ1) is 12.5. The van der Waals surface area contributed by atoms with E-state index >= 15 is 0 Å². The summed E-state index contributed by atoms with van der Waals surface area (Å²) >= 11 is 0. The standard InChI is InChI=1S/C11H22N2O2/c1-11(2,3)5-8(12)4-10(14)13-9-6-15-7-9/h8-9H,4-7,12H2,1-3H3,(H,13,14). The van der Waals surface area contributed by atoms with Crippen LogP contribution in [0.2, 0.25) is 0 Å². The average molecular weight is 214 g/mol. The average Bonchev–Trinajstić information content (AvgIpc) is 1.92. The van der Waals surface area contributed by atoms with E-state index < -0.39 is 0 Å². The van der Waals surface area contributed by atoms with Crippen LogP contribution in [0.15, 0.2) is 0 Å². The Balaban J connectivity index is 2.18. The number of nitrogens with one attached hydrogen (secondary N) is 1. The van der Waals surface area contributed by atoms with Crippen molar-refractivity contribution in [2.24, 2.45) is 11.1 Å². The van der Waals surface area contributed by atoms with Crippen LogP contribution in [0.25, 0.3) is 0 Å². The van der Waals surface area contributed by atoms with Crippen molar-refractivity contribution in [2.45, 2.75) is 45.7 Å². The fraction of sp³-hybridized carbons (Fsp3) is 0.909. The number of carbonyl (C=O) groups excluding carboxylic acids is 1. The lowest BCUT2D eigenvalue weighted by Crippen LogP contribution is -2.49. The van der Waals surface area contributed by atoms with Crippen LogP contribution >= 0.6 is 0 Å². The van der Waals surface area contributed by atoms with E-state index in [9.17, 15) is 4.79 Å². The molecule has 3 N–H and O–H groups in total. The summed E-state index contributed by atoms with van der Waals surface area (Å²) in [5, 5.41) is 2.89. The topological polar surface area (TPSA) is 64.4 Å². The van der Waals surface area contributed by atoms with Crippen LogP contribution < -0.4 is 11.1 Å². The molecule has 0 aromatic rings. The molecule has 1 fully saturated rings. The van der Waals surface area contributed by atoms with E-state index in [0.717, 1.165) is 6.42 Å². The maximum absolute atomic E-state index is 11.5. The molecule has 1 saturated heterocycles. The molecule has 0 spiro atoms. The molecular formula is C11H22N2O2. The molecule has 88 valence electrons. The van der Waals surface area contributed by atoms with Gasteiger partial charge >= 0.3 is 0 Å². The molecule has 4 heteroatoms. The molecule has 1 aliphatic rings. The van der Waals surface area contributed by atoms with Crippen LogP contribution in [0.3, 0.4) is 0 Å². The predicted molar refractivity (Wildman–Crippen MR) is 59.4 cm³/mol. The summed E-state index contributed by atoms with van der Waals surface area (Å²) in [4.78, 5) is 11.5. The highest BCUT2D eigenvalue weighted by atomic mass is 16.5. The van der Waals surface area contributed by atoms with Gasteiger partial charge in [0.15, 0.2) is 0 Å². The monoisotopic (exact) mass is 214 g/mol. The van der Waals surface area contributed by atoms with Gasteiger partial charge in [-0.05, 0) is 11.8 Å². The second-order valence-corrected chi connectivity index (χ2v) is 5.53. The normalized spacial score (nSPS) is 19.5. The molecule has 0 saturated carbocycles. The van der Waals surface area contributed by atoms with E-state index in [0.29, 0.717) is 19.6 Å². The largest absolute Gasteiger partial charge is 0.377 e. The van der Waals surface area contributed by atoms with Crippen molar-refractivity contribution in [3.05, 3.63) is 0 Å². The van der Waals surface area contributed by atoms with E-state index in [1.807, 2.05) is 0 Å². The van der Waals surface area contributed by atoms with Gasteiger partial charge in [-0.2, -0.15) is 0 Å². The van der Waals surface area contributed by atoms with Gasteiger partial charge in [-0.1, -0.05) is 20.8 Å². The SMILES string of the molecule is CC(C)(C)CC(N)CC(=O)NC1COC1. The van der Waals surface area contributed by atoms with Crippen molar-refractivity contribution in [3.8, 4) is 0 Å². The van der Waals surface area contributed by atoms with E-state index in [-0.39, 0.29) is 23.4 Å². The molecule has 1 unspecified atom stereocenters. The van der Waals surface area contributed by atoms with Crippen LogP contribution in [0, 0.1) is 5.41 Å². The van der Waals surface area contributed by atoms with Gasteiger partial charge < -0.3 is 15.8 Å². The summed E-state index contributed by atoms with van der Waals surface area (Å²) < 4.78 is 4.98. The Morgan fingerprint density at radius 1 is 1.53 bits per heavy atom. The van der Waals surface area contributed by atoms with Gasteiger partial charge in [-0.25, -0.2) is 0 Å². The van der Waals surface area contributed by atoms with E-state index in [1.165, 1.54) is 0 Å². The number of ether oxygens (including phenoxy) is 1. The maximum atomic E-state index is 11.5. The highest BCUT2D eigenvalue weighted by Gasteiger charge is 2.22. The summed E-state index contributed by atoms with van der Waals surface area (Å²) in [6.45, 7) is 7.67. The van der Waals surface area contributed by atoms with Gasteiger partial charge in [-0.15, -0.1) is 0 Å². The molecule has 0 aliphatic carbocycles. The fourth-order valence-corrected chi connectivity index (χ4v) is 1.70. The number of carbonyl (C=O) groups is 1. The molecule has 1 rings (SSSR count). The smallest absolute Gasteiger partial charge is 0.221 e. The summed E-state index contributed by atoms with van der Waals surface area (Å²) in [6, 6.07) is 0.158. The van der Waals surface area contributed by atoms with Crippen molar-refractivity contribution in [1.82, 2.24) is 5.32 Å². The third-order valence-corrected chi connectivity index (χ3v) is 2.33. The van der Waals surface area contributed by atoms with Crippen LogP contribution in [0.1, 0.15) is 33.6 Å². The van der Waals surface area contributed by atoms with Crippen LogP contribution in [0.4, 0.5) is 0 Å². The molecule has 0 radical (unpaired) electrons. The number of nitrogens with two attached hydrogens (primary N) is 1. The maximum Gasteiger partial charge on any atom is 0.221 e. The number of rotatable bonds is 4. The summed E-state index contributed by atoms with van der Waals surface area (Å²) in [7, 11) is 0. The number of hydrogen-bond acceptors (Lipinski definition) is 3. The molecule has 0 aromatic heterocycles. The van der Waals surface area contributed by atoms with E-state index in [1.54, 1.807) is 0 Å². The molecule has 1 heterocycles. The molecule has 4 nitrogen and oxygen atoms in total. The Morgan fingerprint density at radius 2 is 2.13 bits per heavy atom. The second kappa shape index (κ2) is 4.94. The predicted octanol–water partition coefficient (Wildman–Crippen LogP) is 0.655. The Kier molecular flexibility index (Phi) is 4.11. The zero-order chi connectivity index (χ0) is 11.5. The molecule has 1 amide bonds. The molecule has 15 heavy (non-hydrogen) atoms. The third-order valence-electron chi connectivity index (χ3n) is 2.33. The minimum Gasteiger partial charge on any atom is -0.377 e. The molecule has 1 atom stereocenters. The second-order valence-electron chi connectivity index (χ2n) is 5.53. The number of hydrogen-bond donors (Lipinski definition) is 2. The van der Waals surface area contributed by atoms with Crippen LogP contribution in [-0.4, -0.2) is 31.2 Å². The van der Waals surface area contributed by atoms with Gasteiger partial charge in [0, 0.05) is 12.5 Å². The van der Waals surface area contributed by atoms with Crippen molar-refractivity contribution in [3.63, 3.8) is 0 Å². The molecule has 0 bridgehead atoms. The lowest BCUT2D eigenvalue weighted by atomic mass is 9.87. The van der Waals surface area contributed by atoms with Gasteiger partial charge in [0.1, 0.15) is 0 Å². The first-order valence-electron chi connectivity index (χ1n) is 5.49. The van der Waals surface area contributed by atoms with E-state index in [4.69, 9.17) is 10.5 Å². The minimum atomic E-state index is -0.0500. The van der Waals surface area contributed by atoms with Crippen molar-refractivity contribution in [2.75, 3.05) is 13.2 Å². The minimum absolute atomic E-state index is 0.0417. The first-order valence-corrected chi connectivity index (χ1v) is 5.49. The summed E-state index contributed by atoms with van der Waals surface area (Å²) in [6.07, 6.45) is 1.27. The zero-order valence-electron chi connectivity index (χ0n) is 9.88. The Labute approximate surface area is 91.5 Å². The highest BCUT2D eigenvalue weighted by molar-refractivity contribution is 5.77. The Hall–Kier alpha value is -0.610. The van der Waals surface area contributed by atoms with Gasteiger partial charge in [-0.3, -0.25) is 4.79 Å². The Morgan fingerprint density at radius 3 is 2.53 bits per heavy atom. The van der Waals surface area contributed by atoms with E-state index in [2.05, 4.69) is 26.1 Å². The first-order chi connectivity index (χ1) is 6.87. The third kappa shape index (κ3) is 5.14. The quantitative estimate of drug-likeness (QED) is 0.722. The number of amides is 1. The van der Waals surface area contributed by atoms with Crippen molar-refractivity contribution >= 4 is 5.91 Å². The lowest BCUT2D eigenvalue weighted by Gasteiger charge is -2.28. The highest BCUT2D eigenvalue weighted by Crippen LogP contribution is 2.20. The summed E-state index contributed by atoms with van der Waals surface area (Å²) in [5.41, 5.74) is 6.08. The summed E-state index contributed by atoms with van der Waals surface area (Å²) in [5.74, 6) is 0.0417. The lowest BCUT2D eigenvalue weighted by molar-refractivity contribution is -0.125. The van der Waals surface area contributed by atoms with Gasteiger partial charge in [0.25, 0.3) is 0 Å². The Bertz CT molecular complexity index is 219. The van der Waals surface area contributed by atoms with Crippen LogP contribution in [-0.2, 0) is 9.53 Å². The van der Waals surface area contributed by atoms with Crippen molar-refractivity contribution in [1.29, 1.82) is 0 Å².